The van der Waals surface area contributed by atoms with Crippen molar-refractivity contribution in [3.8, 4) is 0 Å². The van der Waals surface area contributed by atoms with E-state index in [1.165, 1.54) is 0 Å². The van der Waals surface area contributed by atoms with Crippen LogP contribution in [0, 0.1) is 0 Å². The predicted molar refractivity (Wildman–Crippen MR) is 55.3 cm³/mol. The smallest absolute Gasteiger partial charge is 0.303 e. The minimum atomic E-state index is -5.06. The van der Waals surface area contributed by atoms with Gasteiger partial charge in [0, 0.05) is 0 Å². The summed E-state index contributed by atoms with van der Waals surface area (Å²) in [6.07, 6.45) is -5.06. The van der Waals surface area contributed by atoms with Crippen LogP contribution < -0.4 is 0 Å². The summed E-state index contributed by atoms with van der Waals surface area (Å²) >= 11 is 0. The molecule has 0 rings (SSSR count). The van der Waals surface area contributed by atoms with Crippen LogP contribution in [-0.4, -0.2) is 31.9 Å². The van der Waals surface area contributed by atoms with Crippen molar-refractivity contribution in [1.29, 1.82) is 0 Å². The van der Waals surface area contributed by atoms with Gasteiger partial charge in [-0.15, -0.1) is 4.74 Å². The van der Waals surface area contributed by atoms with E-state index in [1.54, 1.807) is 20.8 Å². The van der Waals surface area contributed by atoms with Crippen LogP contribution in [0.3, 0.4) is 0 Å². The van der Waals surface area contributed by atoms with Crippen molar-refractivity contribution in [3.63, 3.8) is 0 Å². The molecule has 1 amide bonds. The lowest BCUT2D eigenvalue weighted by Gasteiger charge is -2.21. The van der Waals surface area contributed by atoms with Gasteiger partial charge in [0.25, 0.3) is 0 Å². The lowest BCUT2D eigenvalue weighted by molar-refractivity contribution is -0.169. The maximum atomic E-state index is 12.1. The first-order valence-corrected chi connectivity index (χ1v) is 6.48. The number of alkyl halides is 3. The van der Waals surface area contributed by atoms with Gasteiger partial charge in [0.2, 0.25) is 0 Å². The Kier molecular flexibility index (Phi) is 6.92. The molecule has 17 heavy (non-hydrogen) atoms. The molecule has 0 unspecified atom stereocenters. The van der Waals surface area contributed by atoms with Gasteiger partial charge in [-0.3, -0.25) is 4.79 Å². The highest BCUT2D eigenvalue weighted by molar-refractivity contribution is 7.51. The number of carbonyl (C=O) groups excluding carboxylic acids is 1. The number of hydrogen-bond acceptors (Lipinski definition) is 4. The van der Waals surface area contributed by atoms with Crippen molar-refractivity contribution in [2.45, 2.75) is 26.9 Å². The summed E-state index contributed by atoms with van der Waals surface area (Å²) in [4.78, 5) is 10.8. The Morgan fingerprint density at radius 1 is 1.06 bits per heavy atom. The Balaban J connectivity index is 5.24. The summed E-state index contributed by atoms with van der Waals surface area (Å²) in [6, 6.07) is 0. The summed E-state index contributed by atoms with van der Waals surface area (Å²) in [6.45, 7) is 4.72. The molecule has 0 fully saturated rings. The van der Waals surface area contributed by atoms with Crippen LogP contribution in [0.2, 0.25) is 0 Å². The van der Waals surface area contributed by atoms with Crippen LogP contribution in [0.1, 0.15) is 20.8 Å². The lowest BCUT2D eigenvalue weighted by atomic mass is 10.6. The average Bonchev–Trinajstić information content (AvgIpc) is 2.17. The fourth-order valence-corrected chi connectivity index (χ4v) is 2.57. The third kappa shape index (κ3) is 5.63. The zero-order valence-electron chi connectivity index (χ0n) is 9.78. The van der Waals surface area contributed by atoms with Gasteiger partial charge in [0.1, 0.15) is 0 Å². The standard InChI is InChI=1S/C8H15F3NO4P/c1-4-14-17(15-5-2,16-6-3)12-7(13)8(9,10)11/h4-6H2,1-3H3. The molecular formula is C8H15F3NO4P. The zero-order chi connectivity index (χ0) is 13.5. The van der Waals surface area contributed by atoms with Gasteiger partial charge >= 0.3 is 19.8 Å². The van der Waals surface area contributed by atoms with Crippen LogP contribution in [0.15, 0.2) is 4.74 Å². The third-order valence-electron chi connectivity index (χ3n) is 1.33. The molecule has 0 radical (unpaired) electrons. The first-order valence-electron chi connectivity index (χ1n) is 4.98. The Hall–Kier alpha value is -0.430. The Morgan fingerprint density at radius 2 is 1.41 bits per heavy atom. The molecular weight excluding hydrogens is 262 g/mol. The topological polar surface area (TPSA) is 57.1 Å². The molecule has 102 valence electrons. The first kappa shape index (κ1) is 16.6. The monoisotopic (exact) mass is 277 g/mol. The normalized spacial score (nSPS) is 12.6. The van der Waals surface area contributed by atoms with Crippen LogP contribution in [-0.2, 0) is 18.4 Å². The van der Waals surface area contributed by atoms with Crippen molar-refractivity contribution in [1.82, 2.24) is 0 Å². The van der Waals surface area contributed by atoms with E-state index in [2.05, 4.69) is 4.74 Å². The maximum absolute atomic E-state index is 12.1. The number of amides is 1. The lowest BCUT2D eigenvalue weighted by Crippen LogP contribution is -2.20. The van der Waals surface area contributed by atoms with Gasteiger partial charge in [0.05, 0.1) is 19.8 Å². The zero-order valence-corrected chi connectivity index (χ0v) is 10.7. The van der Waals surface area contributed by atoms with Crippen molar-refractivity contribution in [2.24, 2.45) is 4.74 Å². The predicted octanol–water partition coefficient (Wildman–Crippen LogP) is 3.13. The molecule has 0 saturated heterocycles. The molecule has 0 atom stereocenters. The summed E-state index contributed by atoms with van der Waals surface area (Å²) < 4.78 is 54.1. The van der Waals surface area contributed by atoms with Gasteiger partial charge in [-0.25, -0.2) is 0 Å². The van der Waals surface area contributed by atoms with Crippen molar-refractivity contribution in [2.75, 3.05) is 19.8 Å². The highest BCUT2D eigenvalue weighted by Crippen LogP contribution is 2.53. The van der Waals surface area contributed by atoms with E-state index in [4.69, 9.17) is 13.6 Å². The second kappa shape index (κ2) is 7.10. The maximum Gasteiger partial charge on any atom is 0.473 e. The fourth-order valence-electron chi connectivity index (χ4n) is 0.856. The molecule has 5 nitrogen and oxygen atoms in total. The number of halogens is 3. The number of carbonyl (C=O) groups is 1. The fraction of sp³-hybridized carbons (Fsp3) is 0.875. The summed E-state index contributed by atoms with van der Waals surface area (Å²) in [5.41, 5.74) is 0. The minimum Gasteiger partial charge on any atom is -0.303 e. The SMILES string of the molecule is CCOP(=NC(=O)C(F)(F)F)(OCC)OCC. The van der Waals surface area contributed by atoms with Gasteiger partial charge in [-0.2, -0.15) is 13.2 Å². The van der Waals surface area contributed by atoms with Gasteiger partial charge in [0.15, 0.2) is 0 Å². The van der Waals surface area contributed by atoms with E-state index in [-0.39, 0.29) is 19.8 Å². The second-order valence-corrected chi connectivity index (χ2v) is 4.54. The number of hydrogen-bond donors (Lipinski definition) is 0. The molecule has 0 aromatic heterocycles. The largest absolute Gasteiger partial charge is 0.473 e. The van der Waals surface area contributed by atoms with E-state index in [1.807, 2.05) is 0 Å². The molecule has 0 aliphatic heterocycles. The van der Waals surface area contributed by atoms with Crippen molar-refractivity contribution >= 4 is 13.6 Å². The second-order valence-electron chi connectivity index (χ2n) is 2.62. The Bertz CT molecular complexity index is 282. The van der Waals surface area contributed by atoms with Gasteiger partial charge in [-0.1, -0.05) is 0 Å². The molecule has 0 aliphatic carbocycles. The third-order valence-corrected chi connectivity index (χ3v) is 3.51. The molecule has 0 N–H and O–H groups in total. The summed E-state index contributed by atoms with van der Waals surface area (Å²) in [7, 11) is -3.59. The van der Waals surface area contributed by atoms with E-state index in [9.17, 15) is 18.0 Å². The molecule has 0 aliphatic rings. The van der Waals surface area contributed by atoms with E-state index in [0.717, 1.165) is 0 Å². The summed E-state index contributed by atoms with van der Waals surface area (Å²) in [5, 5.41) is 0. The van der Waals surface area contributed by atoms with Crippen molar-refractivity contribution in [3.05, 3.63) is 0 Å². The first-order chi connectivity index (χ1) is 7.81. The average molecular weight is 277 g/mol. The molecule has 0 bridgehead atoms. The molecule has 0 saturated carbocycles. The minimum absolute atomic E-state index is 0.0302. The Labute approximate surface area is 97.5 Å². The molecule has 0 aromatic carbocycles. The van der Waals surface area contributed by atoms with Crippen LogP contribution in [0.4, 0.5) is 13.2 Å². The van der Waals surface area contributed by atoms with Crippen LogP contribution in [0.25, 0.3) is 0 Å². The highest BCUT2D eigenvalue weighted by Gasteiger charge is 2.41. The van der Waals surface area contributed by atoms with E-state index in [0.29, 0.717) is 0 Å². The number of nitrogens with zero attached hydrogens (tertiary/aromatic N) is 1. The quantitative estimate of drug-likeness (QED) is 0.700. The molecule has 9 heteroatoms. The molecule has 0 spiro atoms. The summed E-state index contributed by atoms with van der Waals surface area (Å²) in [5.74, 6) is -2.26. The molecule has 0 heterocycles. The number of rotatable bonds is 6. The van der Waals surface area contributed by atoms with Crippen molar-refractivity contribution < 1.29 is 31.5 Å². The van der Waals surface area contributed by atoms with Crippen LogP contribution in [0.5, 0.6) is 0 Å². The Morgan fingerprint density at radius 3 is 1.65 bits per heavy atom. The van der Waals surface area contributed by atoms with Gasteiger partial charge < -0.3 is 13.6 Å². The van der Waals surface area contributed by atoms with E-state index < -0.39 is 19.8 Å². The van der Waals surface area contributed by atoms with Gasteiger partial charge in [-0.05, 0) is 20.8 Å². The van der Waals surface area contributed by atoms with Crippen LogP contribution >= 0.6 is 7.74 Å². The van der Waals surface area contributed by atoms with E-state index >= 15 is 0 Å². The highest BCUT2D eigenvalue weighted by atomic mass is 31.2. The molecule has 0 aromatic rings.